The fraction of sp³-hybridized carbons (Fsp3) is 0.895. The molecule has 0 aromatic rings. The maximum absolute atomic E-state index is 12.3. The highest BCUT2D eigenvalue weighted by Gasteiger charge is 2.42. The second kappa shape index (κ2) is 8.57. The lowest BCUT2D eigenvalue weighted by Gasteiger charge is -2.44. The molecule has 2 amide bonds. The van der Waals surface area contributed by atoms with E-state index in [4.69, 9.17) is 4.74 Å². The van der Waals surface area contributed by atoms with E-state index in [-0.39, 0.29) is 12.0 Å². The predicted molar refractivity (Wildman–Crippen MR) is 99.9 cm³/mol. The van der Waals surface area contributed by atoms with E-state index in [0.29, 0.717) is 38.6 Å². The second-order valence-corrected chi connectivity index (χ2v) is 8.56. The van der Waals surface area contributed by atoms with Gasteiger partial charge in [-0.3, -0.25) is 9.69 Å². The summed E-state index contributed by atoms with van der Waals surface area (Å²) in [7, 11) is 0. The van der Waals surface area contributed by atoms with Crippen LogP contribution in [0.1, 0.15) is 59.8 Å². The summed E-state index contributed by atoms with van der Waals surface area (Å²) < 4.78 is 5.44. The Morgan fingerprint density at radius 2 is 1.88 bits per heavy atom. The van der Waals surface area contributed by atoms with Gasteiger partial charge in [0.1, 0.15) is 5.60 Å². The van der Waals surface area contributed by atoms with Crippen molar-refractivity contribution in [2.75, 3.05) is 32.7 Å². The van der Waals surface area contributed by atoms with Crippen LogP contribution in [0.4, 0.5) is 4.79 Å². The van der Waals surface area contributed by atoms with Gasteiger partial charge in [0, 0.05) is 32.2 Å². The molecular formula is C19H35N3O4. The van der Waals surface area contributed by atoms with E-state index in [2.05, 4.69) is 10.2 Å². The molecule has 0 aromatic carbocycles. The van der Waals surface area contributed by atoms with Crippen LogP contribution in [0.3, 0.4) is 0 Å². The maximum atomic E-state index is 12.3. The molecule has 0 spiro atoms. The maximum Gasteiger partial charge on any atom is 0.410 e. The van der Waals surface area contributed by atoms with E-state index in [1.807, 2.05) is 27.7 Å². The Morgan fingerprint density at radius 1 is 1.23 bits per heavy atom. The lowest BCUT2D eigenvalue weighted by molar-refractivity contribution is -0.147. The first kappa shape index (κ1) is 21.0. The van der Waals surface area contributed by atoms with Gasteiger partial charge in [-0.15, -0.1) is 0 Å². The third kappa shape index (κ3) is 5.58. The Bertz CT molecular complexity index is 498. The summed E-state index contributed by atoms with van der Waals surface area (Å²) in [6, 6.07) is 0.291. The van der Waals surface area contributed by atoms with Gasteiger partial charge in [0.15, 0.2) is 5.60 Å². The lowest BCUT2D eigenvalue weighted by Crippen LogP contribution is -2.60. The van der Waals surface area contributed by atoms with Gasteiger partial charge in [0.25, 0.3) is 5.91 Å². The minimum Gasteiger partial charge on any atom is -0.444 e. The molecule has 1 unspecified atom stereocenters. The molecule has 7 heteroatoms. The first-order chi connectivity index (χ1) is 12.1. The molecule has 2 aliphatic rings. The quantitative estimate of drug-likeness (QED) is 0.789. The molecule has 2 aliphatic heterocycles. The summed E-state index contributed by atoms with van der Waals surface area (Å²) in [5.74, 6) is -0.254. The van der Waals surface area contributed by atoms with Crippen molar-refractivity contribution in [3.8, 4) is 0 Å². The Balaban J connectivity index is 1.87. The average molecular weight is 370 g/mol. The van der Waals surface area contributed by atoms with Gasteiger partial charge in [-0.25, -0.2) is 4.79 Å². The second-order valence-electron chi connectivity index (χ2n) is 8.56. The van der Waals surface area contributed by atoms with E-state index in [9.17, 15) is 14.7 Å². The minimum absolute atomic E-state index is 0.254. The molecule has 0 aromatic heterocycles. The van der Waals surface area contributed by atoms with Gasteiger partial charge >= 0.3 is 6.09 Å². The lowest BCUT2D eigenvalue weighted by atomic mass is 9.89. The topological polar surface area (TPSA) is 82.1 Å². The summed E-state index contributed by atoms with van der Waals surface area (Å²) in [5, 5.41) is 13.6. The van der Waals surface area contributed by atoms with Crippen LogP contribution in [0, 0.1) is 0 Å². The van der Waals surface area contributed by atoms with Crippen LogP contribution >= 0.6 is 0 Å². The first-order valence-corrected chi connectivity index (χ1v) is 9.87. The summed E-state index contributed by atoms with van der Waals surface area (Å²) in [4.78, 5) is 28.5. The van der Waals surface area contributed by atoms with Crippen LogP contribution < -0.4 is 5.32 Å². The van der Waals surface area contributed by atoms with Crippen LogP contribution in [0.25, 0.3) is 0 Å². The number of β-amino-alcohol motifs (C(OH)–C–C–N with tert-alkyl or cyclic N) is 1. The number of amides is 2. The van der Waals surface area contributed by atoms with Crippen molar-refractivity contribution in [1.82, 2.24) is 15.1 Å². The van der Waals surface area contributed by atoms with Crippen molar-refractivity contribution in [1.29, 1.82) is 0 Å². The van der Waals surface area contributed by atoms with Gasteiger partial charge in [0.05, 0.1) is 0 Å². The molecule has 2 saturated heterocycles. The molecule has 150 valence electrons. The predicted octanol–water partition coefficient (Wildman–Crippen LogP) is 1.74. The van der Waals surface area contributed by atoms with E-state index in [1.54, 1.807) is 4.90 Å². The SMILES string of the molecule is CCCNC(=O)C1(O)CCCN(C2CCN(C(=O)OC(C)(C)C)CC2)C1. The highest BCUT2D eigenvalue weighted by Crippen LogP contribution is 2.27. The number of hydrogen-bond donors (Lipinski definition) is 2. The Hall–Kier alpha value is -1.34. The molecule has 0 aliphatic carbocycles. The molecule has 1 atom stereocenters. The van der Waals surface area contributed by atoms with E-state index >= 15 is 0 Å². The number of carbonyl (C=O) groups is 2. The summed E-state index contributed by atoms with van der Waals surface area (Å²) in [5.41, 5.74) is -1.78. The van der Waals surface area contributed by atoms with Gasteiger partial charge in [-0.05, 0) is 59.4 Å². The van der Waals surface area contributed by atoms with Crippen molar-refractivity contribution < 1.29 is 19.4 Å². The third-order valence-electron chi connectivity index (χ3n) is 5.09. The zero-order chi connectivity index (χ0) is 19.4. The van der Waals surface area contributed by atoms with Crippen LogP contribution in [-0.4, -0.2) is 76.9 Å². The van der Waals surface area contributed by atoms with Crippen molar-refractivity contribution in [3.05, 3.63) is 0 Å². The number of carbonyl (C=O) groups excluding carboxylic acids is 2. The molecule has 26 heavy (non-hydrogen) atoms. The molecule has 0 radical (unpaired) electrons. The van der Waals surface area contributed by atoms with Gasteiger partial charge < -0.3 is 20.1 Å². The Morgan fingerprint density at radius 3 is 2.46 bits per heavy atom. The highest BCUT2D eigenvalue weighted by molar-refractivity contribution is 5.85. The fourth-order valence-corrected chi connectivity index (χ4v) is 3.71. The summed E-state index contributed by atoms with van der Waals surface area (Å²) in [6.07, 6.45) is 3.59. The molecule has 2 rings (SSSR count). The molecule has 7 nitrogen and oxygen atoms in total. The average Bonchev–Trinajstić information content (AvgIpc) is 2.58. The number of likely N-dealkylation sites (tertiary alicyclic amines) is 2. The fourth-order valence-electron chi connectivity index (χ4n) is 3.71. The van der Waals surface area contributed by atoms with E-state index in [0.717, 1.165) is 32.2 Å². The molecule has 2 fully saturated rings. The van der Waals surface area contributed by atoms with Crippen LogP contribution in [0.5, 0.6) is 0 Å². The highest BCUT2D eigenvalue weighted by atomic mass is 16.6. The summed E-state index contributed by atoms with van der Waals surface area (Å²) in [6.45, 7) is 10.8. The monoisotopic (exact) mass is 369 g/mol. The van der Waals surface area contributed by atoms with E-state index in [1.165, 1.54) is 0 Å². The van der Waals surface area contributed by atoms with Crippen LogP contribution in [-0.2, 0) is 9.53 Å². The number of piperidine rings is 2. The molecular weight excluding hydrogens is 334 g/mol. The Labute approximate surface area is 157 Å². The van der Waals surface area contributed by atoms with Crippen molar-refractivity contribution in [3.63, 3.8) is 0 Å². The Kier molecular flexibility index (Phi) is 6.91. The van der Waals surface area contributed by atoms with E-state index < -0.39 is 11.2 Å². The zero-order valence-electron chi connectivity index (χ0n) is 16.7. The number of nitrogens with zero attached hydrogens (tertiary/aromatic N) is 2. The number of nitrogens with one attached hydrogen (secondary N) is 1. The normalized spacial score (nSPS) is 25.8. The van der Waals surface area contributed by atoms with Crippen LogP contribution in [0.2, 0.25) is 0 Å². The number of ether oxygens (including phenoxy) is 1. The van der Waals surface area contributed by atoms with Gasteiger partial charge in [-0.1, -0.05) is 6.92 Å². The third-order valence-corrected chi connectivity index (χ3v) is 5.09. The molecule has 2 N–H and O–H groups in total. The first-order valence-electron chi connectivity index (χ1n) is 9.87. The smallest absolute Gasteiger partial charge is 0.410 e. The van der Waals surface area contributed by atoms with Crippen LogP contribution in [0.15, 0.2) is 0 Å². The number of rotatable bonds is 4. The number of aliphatic hydroxyl groups is 1. The van der Waals surface area contributed by atoms with Crippen molar-refractivity contribution in [2.24, 2.45) is 0 Å². The largest absolute Gasteiger partial charge is 0.444 e. The summed E-state index contributed by atoms with van der Waals surface area (Å²) >= 11 is 0. The van der Waals surface area contributed by atoms with Crippen molar-refractivity contribution >= 4 is 12.0 Å². The minimum atomic E-state index is -1.30. The van der Waals surface area contributed by atoms with Gasteiger partial charge in [0.2, 0.25) is 0 Å². The molecule has 0 bridgehead atoms. The van der Waals surface area contributed by atoms with Gasteiger partial charge in [-0.2, -0.15) is 0 Å². The molecule has 2 heterocycles. The van der Waals surface area contributed by atoms with Crippen molar-refractivity contribution in [2.45, 2.75) is 77.0 Å². The molecule has 0 saturated carbocycles. The standard InChI is InChI=1S/C19H35N3O4/c1-5-10-20-16(23)19(25)9-6-11-22(14-19)15-7-12-21(13-8-15)17(24)26-18(2,3)4/h15,25H,5-14H2,1-4H3,(H,20,23). The zero-order valence-corrected chi connectivity index (χ0v) is 16.7. The number of hydrogen-bond acceptors (Lipinski definition) is 5.